The lowest BCUT2D eigenvalue weighted by Crippen LogP contribution is -2.04. The molecule has 0 spiro atoms. The topological polar surface area (TPSA) is 66.9 Å². The molecule has 0 amide bonds. The highest BCUT2D eigenvalue weighted by Crippen LogP contribution is 2.22. The van der Waals surface area contributed by atoms with Crippen LogP contribution in [0, 0.1) is 18.6 Å². The summed E-state index contributed by atoms with van der Waals surface area (Å²) in [5.41, 5.74) is 1.97. The molecule has 0 radical (unpaired) electrons. The van der Waals surface area contributed by atoms with Crippen LogP contribution in [0.1, 0.15) is 23.0 Å². The van der Waals surface area contributed by atoms with Crippen molar-refractivity contribution in [2.75, 3.05) is 10.6 Å². The largest absolute Gasteiger partial charge is 0.338 e. The van der Waals surface area contributed by atoms with Gasteiger partial charge in [-0.1, -0.05) is 12.1 Å². The fraction of sp³-hybridized carbons (Fsp3) is 0.105. The molecule has 0 saturated carbocycles. The summed E-state index contributed by atoms with van der Waals surface area (Å²) in [5.74, 6) is -0.776. The van der Waals surface area contributed by atoms with E-state index >= 15 is 0 Å². The Kier molecular flexibility index (Phi) is 4.88. The molecule has 3 rings (SSSR count). The third-order valence-electron chi connectivity index (χ3n) is 3.57. The summed E-state index contributed by atoms with van der Waals surface area (Å²) in [7, 11) is 0. The van der Waals surface area contributed by atoms with E-state index in [0.29, 0.717) is 22.8 Å². The molecule has 1 aromatic heterocycles. The average Bonchev–Trinajstić information content (AvgIpc) is 2.57. The minimum atomic E-state index is -0.718. The van der Waals surface area contributed by atoms with Crippen LogP contribution in [0.2, 0.25) is 0 Å². The van der Waals surface area contributed by atoms with Crippen LogP contribution >= 0.6 is 0 Å². The van der Waals surface area contributed by atoms with E-state index in [-0.39, 0.29) is 17.4 Å². The maximum Gasteiger partial charge on any atom is 0.229 e. The molecule has 2 N–H and O–H groups in total. The quantitative estimate of drug-likeness (QED) is 0.647. The molecule has 1 heterocycles. The third-order valence-corrected chi connectivity index (χ3v) is 3.57. The highest BCUT2D eigenvalue weighted by atomic mass is 19.1. The first-order valence-electron chi connectivity index (χ1n) is 7.86. The zero-order chi connectivity index (χ0) is 18.7. The number of carbonyl (C=O) groups is 1. The molecule has 132 valence electrons. The molecule has 5 nitrogen and oxygen atoms in total. The Morgan fingerprint density at radius 1 is 1.00 bits per heavy atom. The van der Waals surface area contributed by atoms with Crippen LogP contribution in [0.15, 0.2) is 48.5 Å². The van der Waals surface area contributed by atoms with Crippen molar-refractivity contribution in [2.45, 2.75) is 13.8 Å². The lowest BCUT2D eigenvalue weighted by atomic mass is 10.1. The maximum atomic E-state index is 13.8. The smallest absolute Gasteiger partial charge is 0.229 e. The number of nitrogens with zero attached hydrogens (tertiary/aromatic N) is 2. The predicted molar refractivity (Wildman–Crippen MR) is 96.1 cm³/mol. The van der Waals surface area contributed by atoms with Gasteiger partial charge in [0.15, 0.2) is 5.78 Å². The first-order valence-corrected chi connectivity index (χ1v) is 7.86. The zero-order valence-electron chi connectivity index (χ0n) is 14.2. The second-order valence-electron chi connectivity index (χ2n) is 5.73. The number of carbonyl (C=O) groups excluding carboxylic acids is 1. The molecule has 0 unspecified atom stereocenters. The molecule has 0 aliphatic carbocycles. The van der Waals surface area contributed by atoms with Crippen LogP contribution < -0.4 is 10.6 Å². The number of ketones is 1. The van der Waals surface area contributed by atoms with Crippen LogP contribution in [-0.4, -0.2) is 15.8 Å². The van der Waals surface area contributed by atoms with E-state index in [2.05, 4.69) is 20.6 Å². The van der Waals surface area contributed by atoms with E-state index < -0.39 is 11.6 Å². The van der Waals surface area contributed by atoms with E-state index in [9.17, 15) is 13.6 Å². The highest BCUT2D eigenvalue weighted by Gasteiger charge is 2.08. The summed E-state index contributed by atoms with van der Waals surface area (Å²) < 4.78 is 26.8. The summed E-state index contributed by atoms with van der Waals surface area (Å²) in [4.78, 5) is 20.1. The van der Waals surface area contributed by atoms with Gasteiger partial charge in [0.1, 0.15) is 17.5 Å². The molecule has 0 bridgehead atoms. The van der Waals surface area contributed by atoms with Crippen LogP contribution in [-0.2, 0) is 0 Å². The standard InChI is InChI=1S/C19H16F2N4O/c1-11-8-18(24-17-7-6-14(20)10-16(17)21)25-19(22-11)23-15-5-3-4-13(9-15)12(2)26/h3-10H,1-2H3,(H2,22,23,24,25). The SMILES string of the molecule is CC(=O)c1cccc(Nc2nc(C)cc(Nc3ccc(F)cc3F)n2)c1. The van der Waals surface area contributed by atoms with Crippen molar-refractivity contribution in [3.63, 3.8) is 0 Å². The Balaban J connectivity index is 1.85. The summed E-state index contributed by atoms with van der Waals surface area (Å²) in [5, 5.41) is 5.83. The number of halogens is 2. The Morgan fingerprint density at radius 3 is 2.54 bits per heavy atom. The molecule has 2 aromatic carbocycles. The lowest BCUT2D eigenvalue weighted by Gasteiger charge is -2.11. The summed E-state index contributed by atoms with van der Waals surface area (Å²) >= 11 is 0. The number of benzene rings is 2. The van der Waals surface area contributed by atoms with Crippen molar-refractivity contribution in [1.29, 1.82) is 0 Å². The van der Waals surface area contributed by atoms with E-state index in [1.54, 1.807) is 37.3 Å². The van der Waals surface area contributed by atoms with Crippen molar-refractivity contribution >= 4 is 28.9 Å². The fourth-order valence-corrected chi connectivity index (χ4v) is 2.36. The first kappa shape index (κ1) is 17.5. The van der Waals surface area contributed by atoms with Gasteiger partial charge in [0.05, 0.1) is 5.69 Å². The molecular weight excluding hydrogens is 338 g/mol. The summed E-state index contributed by atoms with van der Waals surface area (Å²) in [6.45, 7) is 3.26. The van der Waals surface area contributed by atoms with Crippen molar-refractivity contribution in [2.24, 2.45) is 0 Å². The number of hydrogen-bond donors (Lipinski definition) is 2. The fourth-order valence-electron chi connectivity index (χ4n) is 2.36. The minimum absolute atomic E-state index is 0.0482. The van der Waals surface area contributed by atoms with E-state index in [1.807, 2.05) is 0 Å². The summed E-state index contributed by atoms with van der Waals surface area (Å²) in [6, 6.07) is 11.8. The Morgan fingerprint density at radius 2 is 1.81 bits per heavy atom. The molecule has 26 heavy (non-hydrogen) atoms. The zero-order valence-corrected chi connectivity index (χ0v) is 14.2. The third kappa shape index (κ3) is 4.18. The van der Waals surface area contributed by atoms with Crippen LogP contribution in [0.3, 0.4) is 0 Å². The number of anilines is 4. The molecule has 3 aromatic rings. The first-order chi connectivity index (χ1) is 12.4. The van der Waals surface area contributed by atoms with Crippen molar-refractivity contribution in [3.05, 3.63) is 71.4 Å². The van der Waals surface area contributed by atoms with Gasteiger partial charge in [-0.15, -0.1) is 0 Å². The normalized spacial score (nSPS) is 10.5. The molecule has 0 fully saturated rings. The van der Waals surface area contributed by atoms with Gasteiger partial charge in [-0.05, 0) is 38.1 Å². The van der Waals surface area contributed by atoms with E-state index in [4.69, 9.17) is 0 Å². The monoisotopic (exact) mass is 354 g/mol. The van der Waals surface area contributed by atoms with Gasteiger partial charge in [-0.2, -0.15) is 4.98 Å². The van der Waals surface area contributed by atoms with Gasteiger partial charge >= 0.3 is 0 Å². The highest BCUT2D eigenvalue weighted by molar-refractivity contribution is 5.95. The van der Waals surface area contributed by atoms with Gasteiger partial charge in [0.25, 0.3) is 0 Å². The van der Waals surface area contributed by atoms with E-state index in [1.165, 1.54) is 13.0 Å². The molecule has 0 saturated heterocycles. The van der Waals surface area contributed by atoms with Crippen LogP contribution in [0.4, 0.5) is 31.9 Å². The number of aromatic nitrogens is 2. The minimum Gasteiger partial charge on any atom is -0.338 e. The predicted octanol–water partition coefficient (Wildman–Crippen LogP) is 4.75. The van der Waals surface area contributed by atoms with Gasteiger partial charge in [-0.3, -0.25) is 4.79 Å². The number of rotatable bonds is 5. The van der Waals surface area contributed by atoms with Crippen molar-refractivity contribution in [3.8, 4) is 0 Å². The number of aryl methyl sites for hydroxylation is 1. The van der Waals surface area contributed by atoms with Gasteiger partial charge in [0.2, 0.25) is 5.95 Å². The Labute approximate surface area is 149 Å². The molecule has 7 heteroatoms. The average molecular weight is 354 g/mol. The molecular formula is C19H16F2N4O. The van der Waals surface area contributed by atoms with Crippen LogP contribution in [0.25, 0.3) is 0 Å². The molecule has 0 atom stereocenters. The van der Waals surface area contributed by atoms with E-state index in [0.717, 1.165) is 12.1 Å². The second kappa shape index (κ2) is 7.26. The van der Waals surface area contributed by atoms with Crippen LogP contribution in [0.5, 0.6) is 0 Å². The van der Waals surface area contributed by atoms with Gasteiger partial charge in [0, 0.05) is 29.1 Å². The number of Topliss-reactive ketones (excluding diaryl/α,β-unsaturated/α-hetero) is 1. The molecule has 0 aliphatic rings. The van der Waals surface area contributed by atoms with Gasteiger partial charge in [-0.25, -0.2) is 13.8 Å². The number of hydrogen-bond acceptors (Lipinski definition) is 5. The number of nitrogens with one attached hydrogen (secondary N) is 2. The summed E-state index contributed by atoms with van der Waals surface area (Å²) in [6.07, 6.45) is 0. The maximum absolute atomic E-state index is 13.8. The second-order valence-corrected chi connectivity index (χ2v) is 5.73. The van der Waals surface area contributed by atoms with Crippen molar-refractivity contribution in [1.82, 2.24) is 9.97 Å². The Bertz CT molecular complexity index is 976. The molecule has 0 aliphatic heterocycles. The van der Waals surface area contributed by atoms with Gasteiger partial charge < -0.3 is 10.6 Å². The Hall–Kier alpha value is -3.35. The van der Waals surface area contributed by atoms with Crippen molar-refractivity contribution < 1.29 is 13.6 Å². The lowest BCUT2D eigenvalue weighted by molar-refractivity contribution is 0.101.